The van der Waals surface area contributed by atoms with E-state index in [4.69, 9.17) is 26.2 Å². The van der Waals surface area contributed by atoms with Crippen molar-refractivity contribution in [3.05, 3.63) is 185 Å². The first-order valence-electron chi connectivity index (χ1n) is 31.5. The number of nitrogens with zero attached hydrogens (tertiary/aromatic N) is 17. The number of rotatable bonds is 10. The molecule has 13 heterocycles. The zero-order valence-corrected chi connectivity index (χ0v) is 53.6. The molecule has 9 N–H and O–H groups in total. The first-order chi connectivity index (χ1) is 47.0. The second-order valence-corrected chi connectivity index (χ2v) is 25.3. The fraction of sp³-hybridized carbons (Fsp3) is 0.300. The summed E-state index contributed by atoms with van der Waals surface area (Å²) in [6, 6.07) is 12.2. The van der Waals surface area contributed by atoms with Crippen molar-refractivity contribution in [1.29, 1.82) is 0 Å². The molecule has 0 bridgehead atoms. The molecule has 3 unspecified atom stereocenters. The van der Waals surface area contributed by atoms with Crippen molar-refractivity contribution in [2.24, 2.45) is 0 Å². The van der Waals surface area contributed by atoms with Gasteiger partial charge in [-0.05, 0) is 120 Å². The minimum Gasteiger partial charge on any atom is -0.372 e. The maximum atomic E-state index is 14.8. The number of nitrogen functional groups attached to an aromatic ring is 3. The molecule has 3 aliphatic carbocycles. The topological polar surface area (TPSA) is 349 Å². The summed E-state index contributed by atoms with van der Waals surface area (Å²) in [5, 5.41) is 41.2. The van der Waals surface area contributed by atoms with E-state index in [-0.39, 0.29) is 52.8 Å². The van der Waals surface area contributed by atoms with Crippen LogP contribution in [0, 0.1) is 66.8 Å². The van der Waals surface area contributed by atoms with Crippen molar-refractivity contribution in [2.45, 2.75) is 108 Å². The maximum absolute atomic E-state index is 14.8. The average Bonchev–Trinajstić information content (AvgIpc) is 1.60. The Balaban J connectivity index is 0.000000127. The minimum atomic E-state index is -1.56. The van der Waals surface area contributed by atoms with E-state index < -0.39 is 34.3 Å². The van der Waals surface area contributed by atoms with Gasteiger partial charge in [-0.25, -0.2) is 68.0 Å². The highest BCUT2D eigenvalue weighted by Gasteiger charge is 2.41. The van der Waals surface area contributed by atoms with Crippen LogP contribution in [0.2, 0.25) is 0 Å². The van der Waals surface area contributed by atoms with Gasteiger partial charge in [0.1, 0.15) is 57.1 Å². The minimum absolute atomic E-state index is 0.00104. The van der Waals surface area contributed by atoms with Crippen LogP contribution < -0.4 is 17.2 Å². The second-order valence-electron chi connectivity index (χ2n) is 25.3. The van der Waals surface area contributed by atoms with Crippen LogP contribution >= 0.6 is 0 Å². The van der Waals surface area contributed by atoms with Gasteiger partial charge in [-0.2, -0.15) is 0 Å². The van der Waals surface area contributed by atoms with Gasteiger partial charge in [-0.15, -0.1) is 0 Å². The van der Waals surface area contributed by atoms with Crippen LogP contribution in [-0.2, 0) is 23.2 Å². The number of aliphatic hydroxyl groups is 3. The third-order valence-electron chi connectivity index (χ3n) is 17.5. The van der Waals surface area contributed by atoms with E-state index in [0.717, 1.165) is 77.7 Å². The van der Waals surface area contributed by atoms with Crippen molar-refractivity contribution in [1.82, 2.24) is 84.1 Å². The smallest absolute Gasteiger partial charge is 0.220 e. The third kappa shape index (κ3) is 13.2. The summed E-state index contributed by atoms with van der Waals surface area (Å²) in [7, 11) is 0. The van der Waals surface area contributed by atoms with Crippen LogP contribution in [0.5, 0.6) is 0 Å². The lowest BCUT2D eigenvalue weighted by Gasteiger charge is -2.40. The molecule has 2 saturated carbocycles. The summed E-state index contributed by atoms with van der Waals surface area (Å²) in [5.74, 6) is 16.7. The highest BCUT2D eigenvalue weighted by atomic mass is 19.1. The van der Waals surface area contributed by atoms with Crippen molar-refractivity contribution < 1.29 is 37.5 Å². The lowest BCUT2D eigenvalue weighted by Crippen LogP contribution is -2.48. The lowest BCUT2D eigenvalue weighted by molar-refractivity contribution is 0.101. The van der Waals surface area contributed by atoms with E-state index >= 15 is 0 Å². The standard InChI is InChI=1S/C25H23FN8O.C25H24FN7O2.C20H16FN5O2/c1-25(35,23-28-7-2-8-29-23)6-5-15-9-18-19(22-20(26)10-31-24(27)32-22)14-34(21(18)11-30-15)17-12-33(13-17)16-3-4-16;1-14-7-22(31-35-14)25(2,34)6-5-15-8-18-19(23-20(26)9-29-24(27)30-23)13-33(21(18)10-28-15)17-11-32(12-17)16-3-4-16;1-11-7-17(26-28-11)20(2,27)6-5-13-8-15-12(9-23-13)3-4-14(15)18-16(21)10-24-19(22)25-18/h2,7-11,14,16-17,35H,3-4,12-13H2,1H3,(H2,27,31,32);7-10,13,16-17,34H,3-4,11-12H2,1-2H3,(H2,27,29,30);4,7-10,27H,3H2,1-2H3,(H2,22,24,25). The number of aryl methyl sites for hydroxylation is 2. The highest BCUT2D eigenvalue weighted by Crippen LogP contribution is 2.42. The molecule has 494 valence electrons. The number of allylic oxidation sites excluding steroid dienone is 1. The van der Waals surface area contributed by atoms with E-state index in [1.807, 2.05) is 18.5 Å². The van der Waals surface area contributed by atoms with Gasteiger partial charge in [0.05, 0.1) is 54.1 Å². The molecule has 0 amide bonds. The number of likely N-dealkylation sites (tertiary alicyclic amines) is 2. The van der Waals surface area contributed by atoms with E-state index in [9.17, 15) is 28.5 Å². The van der Waals surface area contributed by atoms with E-state index in [1.165, 1.54) is 39.5 Å². The molecule has 11 aromatic heterocycles. The molecule has 0 aromatic carbocycles. The summed E-state index contributed by atoms with van der Waals surface area (Å²) in [5.41, 5.74) is 20.1. The van der Waals surface area contributed by atoms with E-state index in [2.05, 4.69) is 120 Å². The van der Waals surface area contributed by atoms with Gasteiger partial charge >= 0.3 is 0 Å². The zero-order chi connectivity index (χ0) is 68.4. The maximum Gasteiger partial charge on any atom is 0.220 e. The van der Waals surface area contributed by atoms with Crippen LogP contribution in [0.1, 0.15) is 121 Å². The third-order valence-corrected chi connectivity index (χ3v) is 17.5. The largest absolute Gasteiger partial charge is 0.372 e. The molecular formula is C70H63F3N20O5. The Bertz CT molecular complexity index is 5170. The predicted molar refractivity (Wildman–Crippen MR) is 353 cm³/mol. The molecule has 5 aliphatic rings. The van der Waals surface area contributed by atoms with Crippen molar-refractivity contribution >= 4 is 45.2 Å². The Labute approximate surface area is 558 Å². The Morgan fingerprint density at radius 1 is 0.500 bits per heavy atom. The van der Waals surface area contributed by atoms with Crippen LogP contribution in [0.15, 0.2) is 113 Å². The Kier molecular flexibility index (Phi) is 16.6. The molecule has 25 nitrogen and oxygen atoms in total. The molecule has 2 aliphatic heterocycles. The molecule has 3 atom stereocenters. The monoisotopic (exact) mass is 1320 g/mol. The number of anilines is 3. The average molecular weight is 1320 g/mol. The summed E-state index contributed by atoms with van der Waals surface area (Å²) in [6.07, 6.45) is 22.8. The molecule has 28 heteroatoms. The fourth-order valence-electron chi connectivity index (χ4n) is 11.9. The Hall–Kier alpha value is -11.3. The van der Waals surface area contributed by atoms with Gasteiger partial charge in [-0.1, -0.05) is 34.2 Å². The summed E-state index contributed by atoms with van der Waals surface area (Å²) in [4.78, 5) is 50.0. The normalized spacial score (nSPS) is 17.1. The van der Waals surface area contributed by atoms with Crippen LogP contribution in [0.25, 0.3) is 49.9 Å². The summed E-state index contributed by atoms with van der Waals surface area (Å²) < 4.78 is 58.1. The quantitative estimate of drug-likeness (QED) is 0.0736. The van der Waals surface area contributed by atoms with Crippen molar-refractivity contribution in [2.75, 3.05) is 43.4 Å². The molecule has 0 spiro atoms. The SMILES string of the molecule is CC(O)(C#Cc1cc2c(-c3nc(N)ncc3F)cn(C3CN(C4CC4)C3)c2cn1)c1ncccn1.Cc1cc(C(C)(O)C#Cc2cc3c(-c4nc(N)ncc4F)cn(C4CN(C5CC5)C4)c3cn2)no1.Cc1cc(C(C)(O)C#Cc2cc3c(cn2)CC=C3c2nc(N)ncc2F)no1. The number of aromatic nitrogens is 15. The first kappa shape index (κ1) is 64.0. The second kappa shape index (κ2) is 25.3. The molecule has 16 rings (SSSR count). The number of fused-ring (bicyclic) bond motifs is 3. The zero-order valence-electron chi connectivity index (χ0n) is 53.6. The number of hydrogen-bond donors (Lipinski definition) is 6. The van der Waals surface area contributed by atoms with Gasteiger partial charge in [0, 0.05) is 109 Å². The molecule has 98 heavy (non-hydrogen) atoms. The summed E-state index contributed by atoms with van der Waals surface area (Å²) >= 11 is 0. The van der Waals surface area contributed by atoms with Gasteiger partial charge in [-0.3, -0.25) is 9.80 Å². The van der Waals surface area contributed by atoms with Crippen LogP contribution in [0.4, 0.5) is 31.0 Å². The number of hydrogen-bond acceptors (Lipinski definition) is 23. The highest BCUT2D eigenvalue weighted by molar-refractivity contribution is 5.97. The molecule has 4 fully saturated rings. The van der Waals surface area contributed by atoms with Crippen LogP contribution in [-0.4, -0.2) is 138 Å². The fourth-order valence-corrected chi connectivity index (χ4v) is 11.9. The number of nitrogens with two attached hydrogens (primary N) is 3. The van der Waals surface area contributed by atoms with Crippen molar-refractivity contribution in [3.63, 3.8) is 0 Å². The number of halogens is 3. The van der Waals surface area contributed by atoms with Crippen molar-refractivity contribution in [3.8, 4) is 58.0 Å². The van der Waals surface area contributed by atoms with Gasteiger partial charge < -0.3 is 50.7 Å². The van der Waals surface area contributed by atoms with Gasteiger partial charge in [0.25, 0.3) is 0 Å². The Morgan fingerprint density at radius 2 is 0.918 bits per heavy atom. The molecule has 0 radical (unpaired) electrons. The number of pyridine rings is 3. The van der Waals surface area contributed by atoms with Crippen LogP contribution in [0.3, 0.4) is 0 Å². The van der Waals surface area contributed by atoms with E-state index in [0.29, 0.717) is 75.2 Å². The first-order valence-corrected chi connectivity index (χ1v) is 31.5. The Morgan fingerprint density at radius 3 is 1.36 bits per heavy atom. The molecule has 2 saturated heterocycles. The summed E-state index contributed by atoms with van der Waals surface area (Å²) in [6.45, 7) is 11.9. The van der Waals surface area contributed by atoms with E-state index in [1.54, 1.807) is 88.2 Å². The lowest BCUT2D eigenvalue weighted by atomic mass is 10.0. The predicted octanol–water partition coefficient (Wildman–Crippen LogP) is 7.21. The van der Waals surface area contributed by atoms with Gasteiger partial charge in [0.15, 0.2) is 40.1 Å². The molecule has 11 aromatic rings. The van der Waals surface area contributed by atoms with Gasteiger partial charge in [0.2, 0.25) is 17.8 Å². The molecular weight excluding hydrogens is 1260 g/mol.